The van der Waals surface area contributed by atoms with Gasteiger partial charge in [-0.3, -0.25) is 0 Å². The highest BCUT2D eigenvalue weighted by atomic mass is 15.2. The Morgan fingerprint density at radius 1 is 1.12 bits per heavy atom. The first-order chi connectivity index (χ1) is 8.31. The summed E-state index contributed by atoms with van der Waals surface area (Å²) in [6, 6.07) is 0.845. The van der Waals surface area contributed by atoms with Crippen molar-refractivity contribution in [2.45, 2.75) is 58.4 Å². The molecule has 1 N–H and O–H groups in total. The fraction of sp³-hybridized carbons (Fsp3) is 1.00. The topological polar surface area (TPSA) is 15.3 Å². The van der Waals surface area contributed by atoms with Crippen LogP contribution >= 0.6 is 0 Å². The summed E-state index contributed by atoms with van der Waals surface area (Å²) in [5, 5.41) is 3.50. The second-order valence-corrected chi connectivity index (χ2v) is 6.07. The molecule has 2 aliphatic rings. The maximum Gasteiger partial charge on any atom is 0.00951 e. The van der Waals surface area contributed by atoms with Gasteiger partial charge in [-0.2, -0.15) is 0 Å². The van der Waals surface area contributed by atoms with Crippen LogP contribution in [0.2, 0.25) is 0 Å². The fourth-order valence-electron chi connectivity index (χ4n) is 3.65. The van der Waals surface area contributed by atoms with E-state index in [9.17, 15) is 0 Å². The molecule has 2 rings (SSSR count). The van der Waals surface area contributed by atoms with Crippen molar-refractivity contribution in [2.75, 3.05) is 26.2 Å². The fourth-order valence-corrected chi connectivity index (χ4v) is 3.65. The van der Waals surface area contributed by atoms with E-state index in [-0.39, 0.29) is 0 Å². The molecule has 1 heterocycles. The molecule has 2 heteroatoms. The van der Waals surface area contributed by atoms with Gasteiger partial charge in [0.1, 0.15) is 0 Å². The van der Waals surface area contributed by atoms with Gasteiger partial charge in [0.25, 0.3) is 0 Å². The molecular formula is C15H30N2. The summed E-state index contributed by atoms with van der Waals surface area (Å²) in [6.45, 7) is 9.72. The number of nitrogens with one attached hydrogen (secondary N) is 1. The van der Waals surface area contributed by atoms with E-state index in [4.69, 9.17) is 0 Å². The number of hydrogen-bond acceptors (Lipinski definition) is 2. The van der Waals surface area contributed by atoms with Gasteiger partial charge in [-0.1, -0.05) is 19.8 Å². The molecule has 2 fully saturated rings. The van der Waals surface area contributed by atoms with Crippen LogP contribution in [0.1, 0.15) is 52.4 Å². The molecule has 0 aromatic carbocycles. The van der Waals surface area contributed by atoms with Crippen LogP contribution in [-0.2, 0) is 0 Å². The predicted octanol–water partition coefficient (Wildman–Crippen LogP) is 2.89. The zero-order chi connectivity index (χ0) is 12.1. The molecule has 0 amide bonds. The van der Waals surface area contributed by atoms with E-state index in [1.165, 1.54) is 58.2 Å². The lowest BCUT2D eigenvalue weighted by molar-refractivity contribution is 0.106. The maximum atomic E-state index is 3.50. The molecule has 1 unspecified atom stereocenters. The summed E-state index contributed by atoms with van der Waals surface area (Å²) >= 11 is 0. The van der Waals surface area contributed by atoms with Gasteiger partial charge in [0.2, 0.25) is 0 Å². The molecule has 1 aliphatic heterocycles. The van der Waals surface area contributed by atoms with Crippen LogP contribution in [0.15, 0.2) is 0 Å². The van der Waals surface area contributed by atoms with E-state index in [1.807, 2.05) is 0 Å². The predicted molar refractivity (Wildman–Crippen MR) is 74.3 cm³/mol. The number of piperidine rings is 1. The van der Waals surface area contributed by atoms with Gasteiger partial charge >= 0.3 is 0 Å². The number of rotatable bonds is 5. The lowest BCUT2D eigenvalue weighted by atomic mass is 9.92. The van der Waals surface area contributed by atoms with Crippen LogP contribution in [0.5, 0.6) is 0 Å². The first-order valence-electron chi connectivity index (χ1n) is 7.76. The molecule has 1 saturated heterocycles. The van der Waals surface area contributed by atoms with Gasteiger partial charge in [-0.05, 0) is 70.6 Å². The van der Waals surface area contributed by atoms with Gasteiger partial charge in [-0.25, -0.2) is 0 Å². The Labute approximate surface area is 107 Å². The van der Waals surface area contributed by atoms with E-state index in [2.05, 4.69) is 24.1 Å². The summed E-state index contributed by atoms with van der Waals surface area (Å²) in [5.41, 5.74) is 0. The van der Waals surface area contributed by atoms with Crippen molar-refractivity contribution < 1.29 is 0 Å². The van der Waals surface area contributed by atoms with Crippen molar-refractivity contribution in [1.29, 1.82) is 0 Å². The molecular weight excluding hydrogens is 208 g/mol. The third-order valence-electron chi connectivity index (χ3n) is 4.99. The Balaban J connectivity index is 1.70. The lowest BCUT2D eigenvalue weighted by Crippen LogP contribution is -2.44. The summed E-state index contributed by atoms with van der Waals surface area (Å²) in [4.78, 5) is 2.76. The molecule has 17 heavy (non-hydrogen) atoms. The molecule has 0 radical (unpaired) electrons. The van der Waals surface area contributed by atoms with E-state index in [1.54, 1.807) is 0 Å². The zero-order valence-corrected chi connectivity index (χ0v) is 11.8. The average Bonchev–Trinajstić information content (AvgIpc) is 2.90. The number of hydrogen-bond donors (Lipinski definition) is 1. The molecule has 1 saturated carbocycles. The normalized spacial score (nSPS) is 26.5. The molecule has 1 atom stereocenters. The van der Waals surface area contributed by atoms with Gasteiger partial charge in [0.05, 0.1) is 0 Å². The van der Waals surface area contributed by atoms with Gasteiger partial charge < -0.3 is 10.2 Å². The first kappa shape index (κ1) is 13.4. The minimum atomic E-state index is 0.845. The van der Waals surface area contributed by atoms with Crippen LogP contribution in [0, 0.1) is 11.8 Å². The van der Waals surface area contributed by atoms with E-state index in [0.717, 1.165) is 24.4 Å². The summed E-state index contributed by atoms with van der Waals surface area (Å²) in [6.07, 6.45) is 8.74. The van der Waals surface area contributed by atoms with Crippen LogP contribution in [-0.4, -0.2) is 37.1 Å². The summed E-state index contributed by atoms with van der Waals surface area (Å²) in [7, 11) is 0. The van der Waals surface area contributed by atoms with Crippen molar-refractivity contribution in [3.63, 3.8) is 0 Å². The highest BCUT2D eigenvalue weighted by molar-refractivity contribution is 4.83. The SMILES string of the molecule is CCNCC1CCN(C(C)C2CCCC2)CC1. The van der Waals surface area contributed by atoms with Crippen molar-refractivity contribution >= 4 is 0 Å². The third-order valence-corrected chi connectivity index (χ3v) is 4.99. The Kier molecular flexibility index (Phi) is 5.30. The smallest absolute Gasteiger partial charge is 0.00951 e. The standard InChI is InChI=1S/C15H30N2/c1-3-16-12-14-8-10-17(11-9-14)13(2)15-6-4-5-7-15/h13-16H,3-12H2,1-2H3. The number of likely N-dealkylation sites (tertiary alicyclic amines) is 1. The zero-order valence-electron chi connectivity index (χ0n) is 11.8. The van der Waals surface area contributed by atoms with Crippen molar-refractivity contribution in [2.24, 2.45) is 11.8 Å². The van der Waals surface area contributed by atoms with Crippen molar-refractivity contribution in [3.8, 4) is 0 Å². The maximum absolute atomic E-state index is 3.50. The van der Waals surface area contributed by atoms with E-state index in [0.29, 0.717) is 0 Å². The van der Waals surface area contributed by atoms with Gasteiger partial charge in [0.15, 0.2) is 0 Å². The van der Waals surface area contributed by atoms with E-state index < -0.39 is 0 Å². The Morgan fingerprint density at radius 3 is 2.35 bits per heavy atom. The van der Waals surface area contributed by atoms with Crippen molar-refractivity contribution in [3.05, 3.63) is 0 Å². The average molecular weight is 238 g/mol. The third kappa shape index (κ3) is 3.69. The van der Waals surface area contributed by atoms with E-state index >= 15 is 0 Å². The Morgan fingerprint density at radius 2 is 1.76 bits per heavy atom. The van der Waals surface area contributed by atoms with Gasteiger partial charge in [-0.15, -0.1) is 0 Å². The van der Waals surface area contributed by atoms with Crippen LogP contribution < -0.4 is 5.32 Å². The molecule has 0 spiro atoms. The number of nitrogens with zero attached hydrogens (tertiary/aromatic N) is 1. The monoisotopic (exact) mass is 238 g/mol. The second-order valence-electron chi connectivity index (χ2n) is 6.07. The van der Waals surface area contributed by atoms with Crippen molar-refractivity contribution in [1.82, 2.24) is 10.2 Å². The Bertz CT molecular complexity index is 203. The first-order valence-corrected chi connectivity index (χ1v) is 7.76. The van der Waals surface area contributed by atoms with Crippen LogP contribution in [0.3, 0.4) is 0 Å². The minimum absolute atomic E-state index is 0.845. The van der Waals surface area contributed by atoms with Crippen LogP contribution in [0.4, 0.5) is 0 Å². The molecule has 0 aromatic rings. The Hall–Kier alpha value is -0.0800. The molecule has 100 valence electrons. The highest BCUT2D eigenvalue weighted by Gasteiger charge is 2.28. The second kappa shape index (κ2) is 6.75. The largest absolute Gasteiger partial charge is 0.317 e. The summed E-state index contributed by atoms with van der Waals surface area (Å²) in [5.74, 6) is 1.93. The highest BCUT2D eigenvalue weighted by Crippen LogP contribution is 2.31. The molecule has 0 aromatic heterocycles. The molecule has 1 aliphatic carbocycles. The quantitative estimate of drug-likeness (QED) is 0.792. The summed E-state index contributed by atoms with van der Waals surface area (Å²) < 4.78 is 0. The molecule has 2 nitrogen and oxygen atoms in total. The molecule has 0 bridgehead atoms. The lowest BCUT2D eigenvalue weighted by Gasteiger charge is -2.38. The van der Waals surface area contributed by atoms with Crippen LogP contribution in [0.25, 0.3) is 0 Å². The minimum Gasteiger partial charge on any atom is -0.317 e. The van der Waals surface area contributed by atoms with Gasteiger partial charge in [0, 0.05) is 6.04 Å².